The third kappa shape index (κ3) is 5.93. The Balaban J connectivity index is 1.05. The van der Waals surface area contributed by atoms with Crippen molar-refractivity contribution in [2.24, 2.45) is 5.92 Å². The molecule has 4 N–H and O–H groups in total. The number of ether oxygens (including phenoxy) is 3. The number of phenolic OH excluding ortho intramolecular Hbond substituents is 4. The van der Waals surface area contributed by atoms with Crippen LogP contribution >= 0.6 is 0 Å². The van der Waals surface area contributed by atoms with Crippen LogP contribution in [-0.4, -0.2) is 54.5 Å². The van der Waals surface area contributed by atoms with E-state index in [2.05, 4.69) is 10.3 Å². The summed E-state index contributed by atoms with van der Waals surface area (Å²) in [6.07, 6.45) is 1.22. The number of hydrogen-bond acceptors (Lipinski definition) is 10. The molecule has 2 aliphatic rings. The van der Waals surface area contributed by atoms with E-state index in [9.17, 15) is 25.2 Å². The second kappa shape index (κ2) is 12.8. The summed E-state index contributed by atoms with van der Waals surface area (Å²) in [5.74, 6) is -0.0263. The van der Waals surface area contributed by atoms with Gasteiger partial charge in [0, 0.05) is 36.3 Å². The number of rotatable bonds is 10. The van der Waals surface area contributed by atoms with Gasteiger partial charge in [-0.2, -0.15) is 0 Å². The van der Waals surface area contributed by atoms with Crippen LogP contribution < -0.4 is 14.4 Å². The summed E-state index contributed by atoms with van der Waals surface area (Å²) in [7, 11) is 1.62. The lowest BCUT2D eigenvalue weighted by atomic mass is 9.79. The standard InChI is InChI=1S/C36H34N4O8/c1-46-26-10-7-21(8-11-26)34-27(36(45)40(34)24-5-3-2-4-6-24)13-14-39-19-23(37-38-39)20-47-33-18-28-30(43)16-25(41)17-32(28)48-35(33)22-9-12-29(42)31(44)15-22/h2-12,15-17,19,27,33-35,41-44H,13-14,18,20H2,1H3/t27?,33-,34?,35+/m0/s1. The Bertz CT molecular complexity index is 1930. The predicted octanol–water partition coefficient (Wildman–Crippen LogP) is 5.17. The monoisotopic (exact) mass is 650 g/mol. The minimum atomic E-state index is -0.729. The summed E-state index contributed by atoms with van der Waals surface area (Å²) in [6.45, 7) is 0.534. The number of amides is 1. The van der Waals surface area contributed by atoms with Crippen LogP contribution in [0.1, 0.15) is 41.0 Å². The van der Waals surface area contributed by atoms with Crippen molar-refractivity contribution < 1.29 is 39.4 Å². The molecule has 4 aromatic carbocycles. The minimum absolute atomic E-state index is 0.0474. The molecule has 0 aliphatic carbocycles. The fraction of sp³-hybridized carbons (Fsp3) is 0.250. The number of fused-ring (bicyclic) bond motifs is 1. The van der Waals surface area contributed by atoms with Gasteiger partial charge in [0.1, 0.15) is 34.8 Å². The number of aryl methyl sites for hydroxylation is 1. The van der Waals surface area contributed by atoms with Crippen molar-refractivity contribution >= 4 is 11.6 Å². The number of anilines is 1. The first-order valence-corrected chi connectivity index (χ1v) is 15.5. The van der Waals surface area contributed by atoms with E-state index in [-0.39, 0.29) is 53.9 Å². The summed E-state index contributed by atoms with van der Waals surface area (Å²) in [4.78, 5) is 15.3. The van der Waals surface area contributed by atoms with Gasteiger partial charge in [-0.15, -0.1) is 5.10 Å². The number of phenols is 4. The zero-order chi connectivity index (χ0) is 33.4. The first-order chi connectivity index (χ1) is 23.3. The number of hydrogen-bond donors (Lipinski definition) is 4. The molecule has 2 aliphatic heterocycles. The number of β-lactam (4-membered cyclic amide) rings is 1. The second-order valence-corrected chi connectivity index (χ2v) is 11.9. The molecule has 0 bridgehead atoms. The number of aromatic hydroxyl groups is 4. The molecule has 0 saturated carbocycles. The molecule has 4 atom stereocenters. The molecule has 12 heteroatoms. The fourth-order valence-corrected chi connectivity index (χ4v) is 6.46. The lowest BCUT2D eigenvalue weighted by Crippen LogP contribution is -2.55. The molecule has 1 aromatic heterocycles. The van der Waals surface area contributed by atoms with Crippen molar-refractivity contribution in [2.45, 2.75) is 44.2 Å². The maximum absolute atomic E-state index is 13.5. The molecule has 5 aromatic rings. The van der Waals surface area contributed by atoms with Crippen LogP contribution in [0.5, 0.6) is 34.5 Å². The zero-order valence-corrected chi connectivity index (χ0v) is 26.0. The molecule has 3 heterocycles. The van der Waals surface area contributed by atoms with Crippen molar-refractivity contribution in [1.82, 2.24) is 15.0 Å². The van der Waals surface area contributed by atoms with E-state index in [4.69, 9.17) is 14.2 Å². The van der Waals surface area contributed by atoms with Gasteiger partial charge in [0.2, 0.25) is 5.91 Å². The lowest BCUT2D eigenvalue weighted by Gasteiger charge is -2.47. The Morgan fingerprint density at radius 1 is 0.896 bits per heavy atom. The van der Waals surface area contributed by atoms with E-state index < -0.39 is 12.2 Å². The maximum Gasteiger partial charge on any atom is 0.233 e. The van der Waals surface area contributed by atoms with Gasteiger partial charge in [0.25, 0.3) is 0 Å². The van der Waals surface area contributed by atoms with Gasteiger partial charge in [-0.25, -0.2) is 0 Å². The largest absolute Gasteiger partial charge is 0.508 e. The van der Waals surface area contributed by atoms with Gasteiger partial charge < -0.3 is 39.5 Å². The van der Waals surface area contributed by atoms with Crippen molar-refractivity contribution in [3.05, 3.63) is 114 Å². The van der Waals surface area contributed by atoms with Crippen LogP contribution in [-0.2, 0) is 29.1 Å². The van der Waals surface area contributed by atoms with Gasteiger partial charge in [-0.05, 0) is 53.9 Å². The van der Waals surface area contributed by atoms with Gasteiger partial charge in [-0.1, -0.05) is 41.6 Å². The highest BCUT2D eigenvalue weighted by molar-refractivity contribution is 6.03. The molecule has 0 spiro atoms. The Morgan fingerprint density at radius 2 is 1.67 bits per heavy atom. The topological polar surface area (TPSA) is 160 Å². The zero-order valence-electron chi connectivity index (χ0n) is 26.0. The summed E-state index contributed by atoms with van der Waals surface area (Å²) in [5, 5.41) is 49.0. The first-order valence-electron chi connectivity index (χ1n) is 15.5. The Morgan fingerprint density at radius 3 is 2.42 bits per heavy atom. The van der Waals surface area contributed by atoms with Crippen LogP contribution in [0, 0.1) is 5.92 Å². The smallest absolute Gasteiger partial charge is 0.233 e. The third-order valence-corrected chi connectivity index (χ3v) is 8.90. The number of benzene rings is 4. The van der Waals surface area contributed by atoms with E-state index in [0.717, 1.165) is 17.0 Å². The van der Waals surface area contributed by atoms with Gasteiger partial charge in [0.05, 0.1) is 31.9 Å². The minimum Gasteiger partial charge on any atom is -0.508 e. The van der Waals surface area contributed by atoms with Crippen LogP contribution in [0.15, 0.2) is 91.1 Å². The molecule has 246 valence electrons. The van der Waals surface area contributed by atoms with Crippen molar-refractivity contribution in [3.63, 3.8) is 0 Å². The van der Waals surface area contributed by atoms with Crippen LogP contribution in [0.2, 0.25) is 0 Å². The highest BCUT2D eigenvalue weighted by Crippen LogP contribution is 2.46. The van der Waals surface area contributed by atoms with E-state index in [1.807, 2.05) is 59.5 Å². The average molecular weight is 651 g/mol. The van der Waals surface area contributed by atoms with Gasteiger partial charge in [0.15, 0.2) is 17.6 Å². The quantitative estimate of drug-likeness (QED) is 0.117. The van der Waals surface area contributed by atoms with Gasteiger partial charge in [-0.3, -0.25) is 9.48 Å². The highest BCUT2D eigenvalue weighted by Gasteiger charge is 2.48. The predicted molar refractivity (Wildman–Crippen MR) is 173 cm³/mol. The molecule has 1 fully saturated rings. The summed E-state index contributed by atoms with van der Waals surface area (Å²) in [6, 6.07) is 24.3. The normalized spacial score (nSPS) is 20.1. The third-order valence-electron chi connectivity index (χ3n) is 8.90. The first kappa shape index (κ1) is 30.9. The van der Waals surface area contributed by atoms with E-state index in [1.54, 1.807) is 24.1 Å². The van der Waals surface area contributed by atoms with Gasteiger partial charge >= 0.3 is 0 Å². The van der Waals surface area contributed by atoms with Crippen molar-refractivity contribution in [1.29, 1.82) is 0 Å². The Hall–Kier alpha value is -5.75. The maximum atomic E-state index is 13.5. The van der Waals surface area contributed by atoms with Crippen LogP contribution in [0.3, 0.4) is 0 Å². The number of nitrogens with zero attached hydrogens (tertiary/aromatic N) is 4. The molecular formula is C36H34N4O8. The molecule has 1 saturated heterocycles. The summed E-state index contributed by atoms with van der Waals surface area (Å²) in [5.41, 5.74) is 3.43. The van der Waals surface area contributed by atoms with Crippen LogP contribution in [0.25, 0.3) is 0 Å². The van der Waals surface area contributed by atoms with E-state index in [0.29, 0.717) is 35.5 Å². The SMILES string of the molecule is COc1ccc(C2C(CCn3cc(CO[C@H]4Cc5c(O)cc(O)cc5O[C@@H]4c4ccc(O)c(O)c4)nn3)C(=O)N2c2ccccc2)cc1. The molecule has 2 unspecified atom stereocenters. The Kier molecular flexibility index (Phi) is 8.24. The number of aromatic nitrogens is 3. The number of para-hydroxylation sites is 1. The molecule has 48 heavy (non-hydrogen) atoms. The Labute approximate surface area is 276 Å². The summed E-state index contributed by atoms with van der Waals surface area (Å²) >= 11 is 0. The second-order valence-electron chi connectivity index (χ2n) is 11.9. The highest BCUT2D eigenvalue weighted by atomic mass is 16.5. The van der Waals surface area contributed by atoms with Crippen molar-refractivity contribution in [2.75, 3.05) is 12.0 Å². The number of carbonyl (C=O) groups excluding carboxylic acids is 1. The average Bonchev–Trinajstić information content (AvgIpc) is 3.55. The molecule has 12 nitrogen and oxygen atoms in total. The molecule has 1 amide bonds. The molecule has 0 radical (unpaired) electrons. The number of carbonyl (C=O) groups is 1. The van der Waals surface area contributed by atoms with E-state index >= 15 is 0 Å². The lowest BCUT2D eigenvalue weighted by molar-refractivity contribution is -0.130. The summed E-state index contributed by atoms with van der Waals surface area (Å²) < 4.78 is 19.4. The number of methoxy groups -OCH3 is 1. The van der Waals surface area contributed by atoms with E-state index in [1.165, 1.54) is 24.3 Å². The fourth-order valence-electron chi connectivity index (χ4n) is 6.46. The van der Waals surface area contributed by atoms with Crippen LogP contribution in [0.4, 0.5) is 5.69 Å². The molecule has 7 rings (SSSR count). The van der Waals surface area contributed by atoms with Crippen molar-refractivity contribution in [3.8, 4) is 34.5 Å². The molecular weight excluding hydrogens is 616 g/mol.